The van der Waals surface area contributed by atoms with Crippen LogP contribution >= 0.6 is 0 Å². The van der Waals surface area contributed by atoms with E-state index in [2.05, 4.69) is 5.32 Å². The highest BCUT2D eigenvalue weighted by atomic mass is 19.4. The number of nitrogens with one attached hydrogen (secondary N) is 2. The minimum absolute atomic E-state index is 0.119. The van der Waals surface area contributed by atoms with E-state index >= 15 is 0 Å². The molecule has 19 heavy (non-hydrogen) atoms. The second-order valence-corrected chi connectivity index (χ2v) is 4.25. The minimum Gasteiger partial charge on any atom is -0.319 e. The molecule has 102 valence electrons. The molecule has 1 aromatic rings. The molecule has 1 unspecified atom stereocenters. The number of imide groups is 1. The topological polar surface area (TPSA) is 58.2 Å². The molecule has 1 fully saturated rings. The van der Waals surface area contributed by atoms with E-state index in [1.54, 1.807) is 6.92 Å². The standard InChI is InChI=1S/C12H11F3N2O2/c1-2-11(9(18)16-10(19)17-11)7-4-3-5-8(6-7)12(13,14)15/h3-6H,2H2,1H3,(H2,16,17,18,19). The van der Waals surface area contributed by atoms with Crippen LogP contribution in [0.2, 0.25) is 0 Å². The Kier molecular flexibility index (Phi) is 3.00. The molecule has 0 bridgehead atoms. The van der Waals surface area contributed by atoms with Crippen LogP contribution < -0.4 is 10.6 Å². The monoisotopic (exact) mass is 272 g/mol. The average molecular weight is 272 g/mol. The fourth-order valence-corrected chi connectivity index (χ4v) is 2.11. The summed E-state index contributed by atoms with van der Waals surface area (Å²) in [5.41, 5.74) is -2.17. The third-order valence-corrected chi connectivity index (χ3v) is 3.15. The Bertz CT molecular complexity index is 542. The minimum atomic E-state index is -4.50. The van der Waals surface area contributed by atoms with E-state index in [9.17, 15) is 22.8 Å². The summed E-state index contributed by atoms with van der Waals surface area (Å²) in [6, 6.07) is 3.71. The van der Waals surface area contributed by atoms with Gasteiger partial charge < -0.3 is 5.32 Å². The SMILES string of the molecule is CCC1(c2cccc(C(F)(F)F)c2)NC(=O)NC1=O. The van der Waals surface area contributed by atoms with E-state index in [0.717, 1.165) is 12.1 Å². The summed E-state index contributed by atoms with van der Waals surface area (Å²) in [6.07, 6.45) is -4.34. The first-order valence-corrected chi connectivity index (χ1v) is 5.61. The van der Waals surface area contributed by atoms with Crippen LogP contribution in [0.5, 0.6) is 0 Å². The third-order valence-electron chi connectivity index (χ3n) is 3.15. The molecule has 1 atom stereocenters. The Hall–Kier alpha value is -2.05. The smallest absolute Gasteiger partial charge is 0.319 e. The average Bonchev–Trinajstić information content (AvgIpc) is 2.64. The van der Waals surface area contributed by atoms with Gasteiger partial charge in [-0.05, 0) is 24.1 Å². The lowest BCUT2D eigenvalue weighted by atomic mass is 9.86. The summed E-state index contributed by atoms with van der Waals surface area (Å²) in [4.78, 5) is 23.0. The first-order chi connectivity index (χ1) is 8.79. The largest absolute Gasteiger partial charge is 0.416 e. The summed E-state index contributed by atoms with van der Waals surface area (Å²) >= 11 is 0. The molecule has 4 nitrogen and oxygen atoms in total. The second kappa shape index (κ2) is 4.25. The first-order valence-electron chi connectivity index (χ1n) is 5.61. The molecule has 3 amide bonds. The van der Waals surface area contributed by atoms with Crippen LogP contribution in [0.25, 0.3) is 0 Å². The lowest BCUT2D eigenvalue weighted by Gasteiger charge is -2.25. The predicted octanol–water partition coefficient (Wildman–Crippen LogP) is 2.15. The van der Waals surface area contributed by atoms with Crippen molar-refractivity contribution in [2.45, 2.75) is 25.1 Å². The zero-order chi connectivity index (χ0) is 14.3. The van der Waals surface area contributed by atoms with E-state index in [-0.39, 0.29) is 12.0 Å². The number of hydrogen-bond donors (Lipinski definition) is 2. The van der Waals surface area contributed by atoms with E-state index in [0.29, 0.717) is 0 Å². The molecule has 2 rings (SSSR count). The number of carbonyl (C=O) groups is 2. The van der Waals surface area contributed by atoms with Crippen molar-refractivity contribution < 1.29 is 22.8 Å². The Morgan fingerprint density at radius 2 is 1.95 bits per heavy atom. The molecular weight excluding hydrogens is 261 g/mol. The normalized spacial score (nSPS) is 23.2. The van der Waals surface area contributed by atoms with Crippen LogP contribution in [-0.2, 0) is 16.5 Å². The van der Waals surface area contributed by atoms with Crippen LogP contribution in [0.1, 0.15) is 24.5 Å². The highest BCUT2D eigenvalue weighted by molar-refractivity contribution is 6.07. The number of urea groups is 1. The van der Waals surface area contributed by atoms with Gasteiger partial charge in [0, 0.05) is 0 Å². The van der Waals surface area contributed by atoms with Crippen molar-refractivity contribution in [2.75, 3.05) is 0 Å². The summed E-state index contributed by atoms with van der Waals surface area (Å²) in [7, 11) is 0. The summed E-state index contributed by atoms with van der Waals surface area (Å²) in [6.45, 7) is 1.62. The number of rotatable bonds is 2. The molecule has 0 aliphatic carbocycles. The Morgan fingerprint density at radius 3 is 2.42 bits per heavy atom. The Labute approximate surface area is 107 Å². The quantitative estimate of drug-likeness (QED) is 0.810. The zero-order valence-corrected chi connectivity index (χ0v) is 9.97. The van der Waals surface area contributed by atoms with Crippen LogP contribution in [0, 0.1) is 0 Å². The van der Waals surface area contributed by atoms with Gasteiger partial charge in [0.15, 0.2) is 0 Å². The molecule has 2 N–H and O–H groups in total. The van der Waals surface area contributed by atoms with Crippen molar-refractivity contribution in [3.05, 3.63) is 35.4 Å². The lowest BCUT2D eigenvalue weighted by Crippen LogP contribution is -2.43. The van der Waals surface area contributed by atoms with Gasteiger partial charge in [0.25, 0.3) is 5.91 Å². The number of carbonyl (C=O) groups excluding carboxylic acids is 2. The van der Waals surface area contributed by atoms with E-state index in [4.69, 9.17) is 0 Å². The van der Waals surface area contributed by atoms with Crippen LogP contribution in [-0.4, -0.2) is 11.9 Å². The van der Waals surface area contributed by atoms with Crippen LogP contribution in [0.3, 0.4) is 0 Å². The molecule has 1 heterocycles. The highest BCUT2D eigenvalue weighted by Gasteiger charge is 2.46. The lowest BCUT2D eigenvalue weighted by molar-refractivity contribution is -0.138. The van der Waals surface area contributed by atoms with Crippen molar-refractivity contribution in [3.8, 4) is 0 Å². The molecule has 1 aliphatic heterocycles. The molecule has 1 aromatic carbocycles. The molecule has 1 saturated heterocycles. The maximum Gasteiger partial charge on any atom is 0.416 e. The van der Waals surface area contributed by atoms with Gasteiger partial charge in [0.2, 0.25) is 0 Å². The van der Waals surface area contributed by atoms with Crippen molar-refractivity contribution >= 4 is 11.9 Å². The fraction of sp³-hybridized carbons (Fsp3) is 0.333. The van der Waals surface area contributed by atoms with Crippen molar-refractivity contribution in [1.82, 2.24) is 10.6 Å². The molecular formula is C12H11F3N2O2. The van der Waals surface area contributed by atoms with Gasteiger partial charge in [-0.1, -0.05) is 19.1 Å². The second-order valence-electron chi connectivity index (χ2n) is 4.25. The number of hydrogen-bond acceptors (Lipinski definition) is 2. The maximum absolute atomic E-state index is 12.7. The third kappa shape index (κ3) is 2.16. The van der Waals surface area contributed by atoms with Gasteiger partial charge in [-0.3, -0.25) is 10.1 Å². The Morgan fingerprint density at radius 1 is 1.26 bits per heavy atom. The summed E-state index contributed by atoms with van der Waals surface area (Å²) in [5, 5.41) is 4.44. The van der Waals surface area contributed by atoms with Gasteiger partial charge in [-0.15, -0.1) is 0 Å². The molecule has 0 radical (unpaired) electrons. The first kappa shape index (κ1) is 13.4. The Balaban J connectivity index is 2.51. The van der Waals surface area contributed by atoms with Gasteiger partial charge >= 0.3 is 12.2 Å². The van der Waals surface area contributed by atoms with Gasteiger partial charge in [0.05, 0.1) is 5.56 Å². The molecule has 0 spiro atoms. The van der Waals surface area contributed by atoms with Gasteiger partial charge in [-0.25, -0.2) is 4.79 Å². The summed E-state index contributed by atoms with van der Waals surface area (Å²) < 4.78 is 38.0. The summed E-state index contributed by atoms with van der Waals surface area (Å²) in [5.74, 6) is -0.640. The molecule has 7 heteroatoms. The van der Waals surface area contributed by atoms with E-state index in [1.165, 1.54) is 12.1 Å². The predicted molar refractivity (Wildman–Crippen MR) is 60.1 cm³/mol. The zero-order valence-electron chi connectivity index (χ0n) is 9.97. The van der Waals surface area contributed by atoms with Crippen LogP contribution in [0.4, 0.5) is 18.0 Å². The van der Waals surface area contributed by atoms with Crippen LogP contribution in [0.15, 0.2) is 24.3 Å². The van der Waals surface area contributed by atoms with Crippen molar-refractivity contribution in [1.29, 1.82) is 0 Å². The molecule has 0 aromatic heterocycles. The number of alkyl halides is 3. The van der Waals surface area contributed by atoms with Crippen molar-refractivity contribution in [3.63, 3.8) is 0 Å². The highest BCUT2D eigenvalue weighted by Crippen LogP contribution is 2.34. The van der Waals surface area contributed by atoms with Gasteiger partial charge in [0.1, 0.15) is 5.54 Å². The molecule has 0 saturated carbocycles. The number of amides is 3. The van der Waals surface area contributed by atoms with E-state index < -0.39 is 29.2 Å². The van der Waals surface area contributed by atoms with Crippen molar-refractivity contribution in [2.24, 2.45) is 0 Å². The molecule has 1 aliphatic rings. The van der Waals surface area contributed by atoms with E-state index in [1.807, 2.05) is 5.32 Å². The maximum atomic E-state index is 12.7. The fourth-order valence-electron chi connectivity index (χ4n) is 2.11. The number of benzene rings is 1. The number of halogens is 3. The van der Waals surface area contributed by atoms with Gasteiger partial charge in [-0.2, -0.15) is 13.2 Å².